The monoisotopic (exact) mass is 393 g/mol. The van der Waals surface area contributed by atoms with Gasteiger partial charge in [0.05, 0.1) is 0 Å². The van der Waals surface area contributed by atoms with Crippen molar-refractivity contribution in [2.45, 2.75) is 18.8 Å². The zero-order valence-corrected chi connectivity index (χ0v) is 14.4. The van der Waals surface area contributed by atoms with Crippen LogP contribution in [0.5, 0.6) is 11.5 Å². The standard InChI is InChI=1S/C18H20INO/c1-20-12-10-14(11-13-20)17-4-2-3-5-18(17)21-16-8-6-15(19)7-9-16/h2-9,14H,10-13H2,1H3. The minimum atomic E-state index is 0.612. The minimum absolute atomic E-state index is 0.612. The molecule has 2 aromatic rings. The number of likely N-dealkylation sites (tertiary alicyclic amines) is 1. The Labute approximate surface area is 140 Å². The van der Waals surface area contributed by atoms with Crippen LogP contribution in [0.4, 0.5) is 0 Å². The van der Waals surface area contributed by atoms with E-state index in [2.05, 4.69) is 70.9 Å². The number of hydrogen-bond donors (Lipinski definition) is 0. The second-order valence-corrected chi connectivity index (χ2v) is 6.92. The molecule has 1 aliphatic rings. The number of rotatable bonds is 3. The van der Waals surface area contributed by atoms with E-state index in [0.717, 1.165) is 11.5 Å². The van der Waals surface area contributed by atoms with Gasteiger partial charge in [-0.3, -0.25) is 0 Å². The van der Waals surface area contributed by atoms with Crippen LogP contribution >= 0.6 is 22.6 Å². The summed E-state index contributed by atoms with van der Waals surface area (Å²) >= 11 is 2.31. The molecule has 0 atom stereocenters. The highest BCUT2D eigenvalue weighted by Crippen LogP contribution is 2.36. The molecule has 1 heterocycles. The molecule has 0 N–H and O–H groups in total. The lowest BCUT2D eigenvalue weighted by molar-refractivity contribution is 0.253. The van der Waals surface area contributed by atoms with Crippen LogP contribution < -0.4 is 4.74 Å². The average molecular weight is 393 g/mol. The van der Waals surface area contributed by atoms with Crippen molar-refractivity contribution in [3.8, 4) is 11.5 Å². The largest absolute Gasteiger partial charge is 0.457 e. The van der Waals surface area contributed by atoms with E-state index >= 15 is 0 Å². The Hall–Kier alpha value is -1.07. The molecule has 3 rings (SSSR count). The van der Waals surface area contributed by atoms with Gasteiger partial charge < -0.3 is 9.64 Å². The first-order valence-corrected chi connectivity index (χ1v) is 8.51. The molecule has 2 nitrogen and oxygen atoms in total. The summed E-state index contributed by atoms with van der Waals surface area (Å²) in [6.07, 6.45) is 2.42. The van der Waals surface area contributed by atoms with Crippen molar-refractivity contribution in [2.75, 3.05) is 20.1 Å². The first-order chi connectivity index (χ1) is 10.2. The topological polar surface area (TPSA) is 12.5 Å². The van der Waals surface area contributed by atoms with Crippen molar-refractivity contribution in [1.29, 1.82) is 0 Å². The Kier molecular flexibility index (Phi) is 4.80. The molecule has 0 saturated carbocycles. The van der Waals surface area contributed by atoms with E-state index in [1.807, 2.05) is 12.1 Å². The molecule has 0 aliphatic carbocycles. The van der Waals surface area contributed by atoms with Crippen LogP contribution in [0.3, 0.4) is 0 Å². The molecule has 21 heavy (non-hydrogen) atoms. The van der Waals surface area contributed by atoms with Crippen LogP contribution in [0.2, 0.25) is 0 Å². The van der Waals surface area contributed by atoms with Crippen LogP contribution in [0.15, 0.2) is 48.5 Å². The highest BCUT2D eigenvalue weighted by Gasteiger charge is 2.21. The molecule has 0 bridgehead atoms. The predicted octanol–water partition coefficient (Wildman–Crippen LogP) is 4.89. The fourth-order valence-corrected chi connectivity index (χ4v) is 3.22. The van der Waals surface area contributed by atoms with Crippen LogP contribution in [-0.4, -0.2) is 25.0 Å². The zero-order valence-electron chi connectivity index (χ0n) is 12.3. The smallest absolute Gasteiger partial charge is 0.130 e. The van der Waals surface area contributed by atoms with Crippen molar-refractivity contribution >= 4 is 22.6 Å². The Morgan fingerprint density at radius 3 is 2.38 bits per heavy atom. The summed E-state index contributed by atoms with van der Waals surface area (Å²) in [5, 5.41) is 0. The molecule has 0 amide bonds. The Morgan fingerprint density at radius 2 is 1.67 bits per heavy atom. The van der Waals surface area contributed by atoms with Crippen LogP contribution in [0.1, 0.15) is 24.3 Å². The molecule has 1 aliphatic heterocycles. The van der Waals surface area contributed by atoms with E-state index < -0.39 is 0 Å². The Bertz CT molecular complexity index is 588. The van der Waals surface area contributed by atoms with E-state index in [0.29, 0.717) is 5.92 Å². The summed E-state index contributed by atoms with van der Waals surface area (Å²) in [5.41, 5.74) is 1.35. The van der Waals surface area contributed by atoms with Crippen molar-refractivity contribution < 1.29 is 4.74 Å². The van der Waals surface area contributed by atoms with Gasteiger partial charge in [-0.05, 0) is 97.4 Å². The normalized spacial score (nSPS) is 16.9. The molecule has 0 unspecified atom stereocenters. The summed E-state index contributed by atoms with van der Waals surface area (Å²) in [7, 11) is 2.20. The summed E-state index contributed by atoms with van der Waals surface area (Å²) in [6.45, 7) is 2.34. The maximum Gasteiger partial charge on any atom is 0.130 e. The maximum absolute atomic E-state index is 6.13. The molecule has 3 heteroatoms. The van der Waals surface area contributed by atoms with Crippen molar-refractivity contribution in [3.63, 3.8) is 0 Å². The van der Waals surface area contributed by atoms with E-state index in [9.17, 15) is 0 Å². The minimum Gasteiger partial charge on any atom is -0.457 e. The van der Waals surface area contributed by atoms with Gasteiger partial charge in [-0.2, -0.15) is 0 Å². The molecule has 0 spiro atoms. The number of para-hydroxylation sites is 1. The van der Waals surface area contributed by atoms with Crippen molar-refractivity contribution in [3.05, 3.63) is 57.7 Å². The van der Waals surface area contributed by atoms with Gasteiger partial charge in [0.1, 0.15) is 11.5 Å². The second-order valence-electron chi connectivity index (χ2n) is 5.67. The first kappa shape index (κ1) is 14.9. The summed E-state index contributed by atoms with van der Waals surface area (Å²) < 4.78 is 7.35. The third kappa shape index (κ3) is 3.77. The van der Waals surface area contributed by atoms with Gasteiger partial charge in [-0.25, -0.2) is 0 Å². The lowest BCUT2D eigenvalue weighted by Crippen LogP contribution is -2.29. The summed E-state index contributed by atoms with van der Waals surface area (Å²) in [6, 6.07) is 16.7. The average Bonchev–Trinajstić information content (AvgIpc) is 2.51. The quantitative estimate of drug-likeness (QED) is 0.689. The molecule has 1 fully saturated rings. The van der Waals surface area contributed by atoms with Crippen molar-refractivity contribution in [2.24, 2.45) is 0 Å². The Balaban J connectivity index is 1.80. The van der Waals surface area contributed by atoms with E-state index in [-0.39, 0.29) is 0 Å². The van der Waals surface area contributed by atoms with Crippen LogP contribution in [0.25, 0.3) is 0 Å². The van der Waals surface area contributed by atoms with Gasteiger partial charge in [0.15, 0.2) is 0 Å². The molecule has 0 aromatic heterocycles. The Morgan fingerprint density at radius 1 is 1.00 bits per heavy atom. The number of hydrogen-bond acceptors (Lipinski definition) is 2. The fraction of sp³-hybridized carbons (Fsp3) is 0.333. The van der Waals surface area contributed by atoms with Gasteiger partial charge in [-0.1, -0.05) is 18.2 Å². The predicted molar refractivity (Wildman–Crippen MR) is 95.1 cm³/mol. The number of ether oxygens (including phenoxy) is 1. The van der Waals surface area contributed by atoms with Crippen molar-refractivity contribution in [1.82, 2.24) is 4.90 Å². The van der Waals surface area contributed by atoms with Crippen LogP contribution in [0, 0.1) is 3.57 Å². The third-order valence-electron chi connectivity index (χ3n) is 4.12. The van der Waals surface area contributed by atoms with Crippen LogP contribution in [-0.2, 0) is 0 Å². The summed E-state index contributed by atoms with van der Waals surface area (Å²) in [5.74, 6) is 2.53. The highest BCUT2D eigenvalue weighted by molar-refractivity contribution is 14.1. The molecule has 0 radical (unpaired) electrons. The molecular formula is C18H20INO. The number of halogens is 1. The van der Waals surface area contributed by atoms with Gasteiger partial charge in [-0.15, -0.1) is 0 Å². The first-order valence-electron chi connectivity index (χ1n) is 7.43. The van der Waals surface area contributed by atoms with E-state index in [4.69, 9.17) is 4.74 Å². The maximum atomic E-state index is 6.13. The highest BCUT2D eigenvalue weighted by atomic mass is 127. The lowest BCUT2D eigenvalue weighted by atomic mass is 9.89. The van der Waals surface area contributed by atoms with E-state index in [1.165, 1.54) is 35.1 Å². The number of benzene rings is 2. The SMILES string of the molecule is CN1CCC(c2ccccc2Oc2ccc(I)cc2)CC1. The van der Waals surface area contributed by atoms with Gasteiger partial charge in [0.25, 0.3) is 0 Å². The van der Waals surface area contributed by atoms with Gasteiger partial charge in [0, 0.05) is 3.57 Å². The number of piperidine rings is 1. The third-order valence-corrected chi connectivity index (χ3v) is 4.84. The summed E-state index contributed by atoms with van der Waals surface area (Å²) in [4.78, 5) is 2.40. The molecular weight excluding hydrogens is 373 g/mol. The van der Waals surface area contributed by atoms with Gasteiger partial charge >= 0.3 is 0 Å². The molecule has 2 aromatic carbocycles. The second kappa shape index (κ2) is 6.79. The zero-order chi connectivity index (χ0) is 14.7. The van der Waals surface area contributed by atoms with E-state index in [1.54, 1.807) is 0 Å². The molecule has 110 valence electrons. The number of nitrogens with zero attached hydrogens (tertiary/aromatic N) is 1. The fourth-order valence-electron chi connectivity index (χ4n) is 2.86. The van der Waals surface area contributed by atoms with Gasteiger partial charge in [0.2, 0.25) is 0 Å². The molecule has 1 saturated heterocycles. The lowest BCUT2D eigenvalue weighted by Gasteiger charge is -2.30.